The van der Waals surface area contributed by atoms with Crippen molar-refractivity contribution >= 4 is 37.5 Å². The lowest BCUT2D eigenvalue weighted by Gasteiger charge is -2.31. The standard InChI is InChI=1S/C26H26F6N4O9S3/c1-47(38,39)44-18-3-4-19(45-48(2,40)41)16-12-43-24(42-11-15(16)18)17-13-46-23(33-17)14-5-7-35(8-6-14)22(37)10-36-21(26(30,31)32)9-20(34-36)25(27,28)29/h3-4,9,13-14,24H,5-8,10-12H2,1-2H3. The van der Waals surface area contributed by atoms with Crippen LogP contribution in [0.1, 0.15) is 58.3 Å². The molecule has 264 valence electrons. The number of ether oxygens (including phenoxy) is 2. The van der Waals surface area contributed by atoms with Gasteiger partial charge in [-0.05, 0) is 25.0 Å². The Kier molecular flexibility index (Phi) is 9.78. The van der Waals surface area contributed by atoms with E-state index in [0.717, 1.165) is 12.5 Å². The molecule has 0 N–H and O–H groups in total. The van der Waals surface area contributed by atoms with Crippen LogP contribution in [0.15, 0.2) is 23.6 Å². The summed E-state index contributed by atoms with van der Waals surface area (Å²) in [6.45, 7) is -1.36. The van der Waals surface area contributed by atoms with Crippen molar-refractivity contribution in [3.05, 3.63) is 56.8 Å². The molecular formula is C26H26F6N4O9S3. The number of amides is 1. The van der Waals surface area contributed by atoms with Crippen molar-refractivity contribution in [2.24, 2.45) is 0 Å². The third kappa shape index (κ3) is 8.57. The second kappa shape index (κ2) is 13.1. The first-order chi connectivity index (χ1) is 22.2. The molecule has 0 saturated carbocycles. The molecule has 5 rings (SSSR count). The third-order valence-electron chi connectivity index (χ3n) is 7.21. The van der Waals surface area contributed by atoms with Crippen molar-refractivity contribution in [2.45, 2.75) is 57.2 Å². The molecule has 48 heavy (non-hydrogen) atoms. The van der Waals surface area contributed by atoms with E-state index in [0.29, 0.717) is 23.5 Å². The topological polar surface area (TPSA) is 156 Å². The van der Waals surface area contributed by atoms with Crippen LogP contribution in [-0.2, 0) is 66.6 Å². The zero-order valence-corrected chi connectivity index (χ0v) is 27.3. The first-order valence-electron chi connectivity index (χ1n) is 13.8. The predicted octanol–water partition coefficient (Wildman–Crippen LogP) is 4.21. The molecular weight excluding hydrogens is 722 g/mol. The maximum atomic E-state index is 13.3. The first-order valence-corrected chi connectivity index (χ1v) is 18.3. The number of halogens is 6. The largest absolute Gasteiger partial charge is 0.435 e. The quantitative estimate of drug-likeness (QED) is 0.240. The Morgan fingerprint density at radius 2 is 1.48 bits per heavy atom. The highest BCUT2D eigenvalue weighted by Crippen LogP contribution is 2.40. The van der Waals surface area contributed by atoms with Gasteiger partial charge in [-0.2, -0.15) is 48.3 Å². The van der Waals surface area contributed by atoms with E-state index in [9.17, 15) is 48.0 Å². The Balaban J connectivity index is 1.24. The molecule has 0 radical (unpaired) electrons. The van der Waals surface area contributed by atoms with Gasteiger partial charge in [-0.3, -0.25) is 9.48 Å². The molecule has 0 atom stereocenters. The lowest BCUT2D eigenvalue weighted by molar-refractivity contribution is -0.155. The summed E-state index contributed by atoms with van der Waals surface area (Å²) in [5, 5.41) is 5.27. The number of hydrogen-bond acceptors (Lipinski definition) is 12. The van der Waals surface area contributed by atoms with Gasteiger partial charge < -0.3 is 22.7 Å². The molecule has 0 unspecified atom stereocenters. The fourth-order valence-corrected chi connectivity index (χ4v) is 7.05. The fourth-order valence-electron chi connectivity index (χ4n) is 5.09. The zero-order valence-electron chi connectivity index (χ0n) is 24.9. The van der Waals surface area contributed by atoms with Crippen molar-refractivity contribution in [3.8, 4) is 11.5 Å². The van der Waals surface area contributed by atoms with Gasteiger partial charge in [-0.1, -0.05) is 0 Å². The van der Waals surface area contributed by atoms with Crippen LogP contribution < -0.4 is 8.37 Å². The van der Waals surface area contributed by atoms with Crippen molar-refractivity contribution in [1.82, 2.24) is 19.7 Å². The predicted molar refractivity (Wildman–Crippen MR) is 153 cm³/mol. The van der Waals surface area contributed by atoms with Gasteiger partial charge in [0, 0.05) is 41.6 Å². The van der Waals surface area contributed by atoms with E-state index >= 15 is 0 Å². The Hall–Kier alpha value is -3.47. The maximum absolute atomic E-state index is 13.3. The van der Waals surface area contributed by atoms with Crippen molar-refractivity contribution in [1.29, 1.82) is 0 Å². The third-order valence-corrected chi connectivity index (χ3v) is 9.20. The summed E-state index contributed by atoms with van der Waals surface area (Å²) >= 11 is 1.26. The Morgan fingerprint density at radius 3 is 1.96 bits per heavy atom. The number of piperidine rings is 1. The van der Waals surface area contributed by atoms with E-state index in [-0.39, 0.29) is 65.6 Å². The minimum Gasteiger partial charge on any atom is -0.382 e. The smallest absolute Gasteiger partial charge is 0.382 e. The van der Waals surface area contributed by atoms with Gasteiger partial charge in [0.15, 0.2) is 5.69 Å². The van der Waals surface area contributed by atoms with E-state index in [1.165, 1.54) is 28.4 Å². The number of thiazole rings is 1. The van der Waals surface area contributed by atoms with E-state index < -0.39 is 62.7 Å². The molecule has 1 saturated heterocycles. The fraction of sp³-hybridized carbons (Fsp3) is 0.500. The van der Waals surface area contributed by atoms with Crippen LogP contribution in [0.4, 0.5) is 26.3 Å². The number of alkyl halides is 6. The second-order valence-electron chi connectivity index (χ2n) is 10.9. The lowest BCUT2D eigenvalue weighted by Crippen LogP contribution is -2.40. The number of fused-ring (bicyclic) bond motifs is 1. The zero-order chi connectivity index (χ0) is 35.2. The Labute approximate surface area is 273 Å². The number of likely N-dealkylation sites (tertiary alicyclic amines) is 1. The molecule has 2 aromatic heterocycles. The number of benzene rings is 1. The molecule has 0 spiro atoms. The van der Waals surface area contributed by atoms with Crippen molar-refractivity contribution in [2.75, 3.05) is 25.6 Å². The minimum atomic E-state index is -5.15. The Morgan fingerprint density at radius 1 is 0.938 bits per heavy atom. The van der Waals surface area contributed by atoms with Crippen molar-refractivity contribution in [3.63, 3.8) is 0 Å². The molecule has 0 bridgehead atoms. The highest BCUT2D eigenvalue weighted by atomic mass is 32.2. The van der Waals surface area contributed by atoms with E-state index in [1.54, 1.807) is 5.38 Å². The summed E-state index contributed by atoms with van der Waals surface area (Å²) in [4.78, 5) is 18.6. The minimum absolute atomic E-state index is 0.0158. The molecule has 1 fully saturated rings. The molecule has 1 aromatic carbocycles. The van der Waals surface area contributed by atoms with Crippen LogP contribution in [0, 0.1) is 0 Å². The lowest BCUT2D eigenvalue weighted by atomic mass is 9.97. The highest BCUT2D eigenvalue weighted by Gasteiger charge is 2.42. The van der Waals surface area contributed by atoms with Gasteiger partial charge >= 0.3 is 32.6 Å². The van der Waals surface area contributed by atoms with E-state index in [4.69, 9.17) is 17.8 Å². The van der Waals surface area contributed by atoms with Crippen LogP contribution in [0.2, 0.25) is 0 Å². The molecule has 4 heterocycles. The molecule has 1 amide bonds. The van der Waals surface area contributed by atoms with Crippen LogP contribution >= 0.6 is 11.3 Å². The second-order valence-corrected chi connectivity index (χ2v) is 14.9. The summed E-state index contributed by atoms with van der Waals surface area (Å²) < 4.78 is 148. The molecule has 2 aliphatic rings. The Bertz CT molecular complexity index is 1840. The van der Waals surface area contributed by atoms with E-state index in [1.807, 2.05) is 0 Å². The normalized spacial score (nSPS) is 17.2. The van der Waals surface area contributed by atoms with Gasteiger partial charge in [0.25, 0.3) is 0 Å². The summed E-state index contributed by atoms with van der Waals surface area (Å²) in [6, 6.07) is 2.32. The van der Waals surface area contributed by atoms with Crippen molar-refractivity contribution < 1.29 is 65.8 Å². The average Bonchev–Trinajstić information content (AvgIpc) is 3.56. The summed E-state index contributed by atoms with van der Waals surface area (Å²) in [5.74, 6) is -1.22. The SMILES string of the molecule is CS(=O)(=O)Oc1ccc(OS(C)(=O)=O)c2c1COC(c1csc(C3CCN(C(=O)Cn4nc(C(F)(F)F)cc4C(F)(F)F)CC3)n1)OC2. The molecule has 13 nitrogen and oxygen atoms in total. The van der Waals surface area contributed by atoms with Crippen LogP contribution in [0.3, 0.4) is 0 Å². The van der Waals surface area contributed by atoms with Gasteiger partial charge in [-0.15, -0.1) is 11.3 Å². The number of hydrogen-bond donors (Lipinski definition) is 0. The number of carbonyl (C=O) groups excluding carboxylic acids is 1. The van der Waals surface area contributed by atoms with Gasteiger partial charge in [0.1, 0.15) is 29.4 Å². The van der Waals surface area contributed by atoms with Gasteiger partial charge in [0.2, 0.25) is 12.2 Å². The van der Waals surface area contributed by atoms with Crippen LogP contribution in [-0.4, -0.2) is 68.0 Å². The van der Waals surface area contributed by atoms with E-state index in [2.05, 4.69) is 10.1 Å². The summed E-state index contributed by atoms with van der Waals surface area (Å²) in [6.07, 6.45) is -8.96. The van der Waals surface area contributed by atoms with Gasteiger partial charge in [-0.25, -0.2) is 4.98 Å². The average molecular weight is 749 g/mol. The van der Waals surface area contributed by atoms with Crippen LogP contribution in [0.5, 0.6) is 11.5 Å². The number of aromatic nitrogens is 3. The summed E-state index contributed by atoms with van der Waals surface area (Å²) in [5.41, 5.74) is -2.72. The number of nitrogens with zero attached hydrogens (tertiary/aromatic N) is 4. The number of rotatable bonds is 8. The molecule has 0 aliphatic carbocycles. The monoisotopic (exact) mass is 748 g/mol. The number of carbonyl (C=O) groups is 1. The summed E-state index contributed by atoms with van der Waals surface area (Å²) in [7, 11) is -7.93. The molecule has 22 heteroatoms. The van der Waals surface area contributed by atoms with Crippen LogP contribution in [0.25, 0.3) is 0 Å². The molecule has 3 aromatic rings. The first kappa shape index (κ1) is 35.8. The molecule has 2 aliphatic heterocycles. The maximum Gasteiger partial charge on any atom is 0.435 e. The highest BCUT2D eigenvalue weighted by molar-refractivity contribution is 7.86. The van der Waals surface area contributed by atoms with Gasteiger partial charge in [0.05, 0.1) is 30.7 Å².